The molecule has 4 atom stereocenters. The van der Waals surface area contributed by atoms with Crippen LogP contribution in [0.1, 0.15) is 27.2 Å². The molecule has 2 fully saturated rings. The second-order valence-corrected chi connectivity index (χ2v) is 6.02. The molecule has 1 saturated carbocycles. The molecule has 3 aliphatic rings. The molecule has 0 aromatic carbocycles. The lowest BCUT2D eigenvalue weighted by atomic mass is 9.69. The van der Waals surface area contributed by atoms with Gasteiger partial charge >= 0.3 is 5.97 Å². The Bertz CT molecular complexity index is 451. The SMILES string of the molecule is CCOC(=O)C1C2C=CC3(O2)C1C(=O)CC3(C)C. The van der Waals surface area contributed by atoms with Crippen LogP contribution in [0.4, 0.5) is 0 Å². The van der Waals surface area contributed by atoms with Crippen LogP contribution in [0.25, 0.3) is 0 Å². The van der Waals surface area contributed by atoms with Crippen LogP contribution in [-0.2, 0) is 19.1 Å². The van der Waals surface area contributed by atoms with Crippen molar-refractivity contribution in [2.24, 2.45) is 17.3 Å². The number of carbonyl (C=O) groups excluding carboxylic acids is 2. The summed E-state index contributed by atoms with van der Waals surface area (Å²) in [5.74, 6) is -0.986. The van der Waals surface area contributed by atoms with E-state index in [1.165, 1.54) is 0 Å². The van der Waals surface area contributed by atoms with Gasteiger partial charge in [-0.25, -0.2) is 0 Å². The Morgan fingerprint density at radius 1 is 1.56 bits per heavy atom. The van der Waals surface area contributed by atoms with Crippen LogP contribution in [-0.4, -0.2) is 30.1 Å². The van der Waals surface area contributed by atoms with E-state index in [9.17, 15) is 9.59 Å². The number of esters is 1. The number of Topliss-reactive ketones (excluding diaryl/α,β-unsaturated/α-hetero) is 1. The predicted molar refractivity (Wildman–Crippen MR) is 63.8 cm³/mol. The average Bonchev–Trinajstić information content (AvgIpc) is 2.89. The number of rotatable bonds is 2. The highest BCUT2D eigenvalue weighted by Gasteiger charge is 2.71. The van der Waals surface area contributed by atoms with Crippen molar-refractivity contribution in [3.8, 4) is 0 Å². The molecule has 4 unspecified atom stereocenters. The quantitative estimate of drug-likeness (QED) is 0.550. The zero-order chi connectivity index (χ0) is 13.1. The zero-order valence-electron chi connectivity index (χ0n) is 10.9. The van der Waals surface area contributed by atoms with Crippen molar-refractivity contribution in [2.45, 2.75) is 38.9 Å². The maximum Gasteiger partial charge on any atom is 0.312 e. The summed E-state index contributed by atoms with van der Waals surface area (Å²) in [5, 5.41) is 0. The number of hydrogen-bond donors (Lipinski definition) is 0. The fraction of sp³-hybridized carbons (Fsp3) is 0.714. The Labute approximate surface area is 106 Å². The molecule has 1 aliphatic carbocycles. The highest BCUT2D eigenvalue weighted by atomic mass is 16.6. The molecule has 2 bridgehead atoms. The third kappa shape index (κ3) is 1.19. The van der Waals surface area contributed by atoms with Crippen molar-refractivity contribution in [1.29, 1.82) is 0 Å². The van der Waals surface area contributed by atoms with Gasteiger partial charge in [-0.3, -0.25) is 9.59 Å². The first-order valence-corrected chi connectivity index (χ1v) is 6.49. The van der Waals surface area contributed by atoms with E-state index >= 15 is 0 Å². The molecule has 4 nitrogen and oxygen atoms in total. The van der Waals surface area contributed by atoms with Crippen molar-refractivity contribution in [3.63, 3.8) is 0 Å². The van der Waals surface area contributed by atoms with E-state index in [0.29, 0.717) is 13.0 Å². The molecule has 0 radical (unpaired) electrons. The van der Waals surface area contributed by atoms with Crippen molar-refractivity contribution >= 4 is 11.8 Å². The van der Waals surface area contributed by atoms with Crippen LogP contribution in [0.5, 0.6) is 0 Å². The van der Waals surface area contributed by atoms with Gasteiger partial charge in [0.1, 0.15) is 11.4 Å². The standard InChI is InChI=1S/C14H18O4/c1-4-17-12(16)10-9-5-6-14(18-9)11(10)8(15)7-13(14,2)3/h5-6,9-11H,4,7H2,1-3H3. The Hall–Kier alpha value is -1.16. The minimum Gasteiger partial charge on any atom is -0.466 e. The molecule has 2 heterocycles. The van der Waals surface area contributed by atoms with E-state index in [1.807, 2.05) is 26.0 Å². The molecule has 18 heavy (non-hydrogen) atoms. The third-order valence-corrected chi connectivity index (χ3v) is 4.62. The van der Waals surface area contributed by atoms with Crippen LogP contribution >= 0.6 is 0 Å². The molecule has 0 aromatic rings. The summed E-state index contributed by atoms with van der Waals surface area (Å²) in [6.45, 7) is 6.18. The third-order valence-electron chi connectivity index (χ3n) is 4.62. The summed E-state index contributed by atoms with van der Waals surface area (Å²) in [5.41, 5.74) is -0.840. The van der Waals surface area contributed by atoms with Gasteiger partial charge in [-0.1, -0.05) is 26.0 Å². The van der Waals surface area contributed by atoms with Gasteiger partial charge in [0.05, 0.1) is 24.5 Å². The Morgan fingerprint density at radius 3 is 2.94 bits per heavy atom. The summed E-state index contributed by atoms with van der Waals surface area (Å²) in [6.07, 6.45) is 4.07. The highest BCUT2D eigenvalue weighted by Crippen LogP contribution is 2.62. The van der Waals surface area contributed by atoms with Crippen molar-refractivity contribution in [2.75, 3.05) is 6.61 Å². The first-order chi connectivity index (χ1) is 8.43. The molecular weight excluding hydrogens is 232 g/mol. The number of fused-ring (bicyclic) bond motifs is 1. The van der Waals surface area contributed by atoms with Crippen LogP contribution in [0.15, 0.2) is 12.2 Å². The molecule has 0 aromatic heterocycles. The second-order valence-electron chi connectivity index (χ2n) is 6.02. The Morgan fingerprint density at radius 2 is 2.28 bits per heavy atom. The number of carbonyl (C=O) groups is 2. The molecule has 4 heteroatoms. The summed E-state index contributed by atoms with van der Waals surface area (Å²) in [7, 11) is 0. The monoisotopic (exact) mass is 250 g/mol. The van der Waals surface area contributed by atoms with E-state index in [0.717, 1.165) is 0 Å². The van der Waals surface area contributed by atoms with Crippen LogP contribution in [0.3, 0.4) is 0 Å². The first-order valence-electron chi connectivity index (χ1n) is 6.49. The lowest BCUT2D eigenvalue weighted by molar-refractivity contribution is -0.151. The van der Waals surface area contributed by atoms with E-state index in [1.54, 1.807) is 6.92 Å². The van der Waals surface area contributed by atoms with Gasteiger partial charge in [0.25, 0.3) is 0 Å². The largest absolute Gasteiger partial charge is 0.466 e. The normalized spacial score (nSPS) is 43.3. The van der Waals surface area contributed by atoms with Crippen molar-refractivity contribution in [3.05, 3.63) is 12.2 Å². The number of hydrogen-bond acceptors (Lipinski definition) is 4. The molecule has 0 amide bonds. The Balaban J connectivity index is 2.01. The Kier molecular flexibility index (Phi) is 2.28. The molecule has 1 saturated heterocycles. The summed E-state index contributed by atoms with van der Waals surface area (Å²) < 4.78 is 11.1. The minimum absolute atomic E-state index is 0.130. The lowest BCUT2D eigenvalue weighted by Crippen LogP contribution is -2.44. The van der Waals surface area contributed by atoms with Crippen molar-refractivity contribution < 1.29 is 19.1 Å². The van der Waals surface area contributed by atoms with Crippen LogP contribution in [0, 0.1) is 17.3 Å². The van der Waals surface area contributed by atoms with E-state index in [2.05, 4.69) is 0 Å². The van der Waals surface area contributed by atoms with Gasteiger partial charge in [0.15, 0.2) is 0 Å². The smallest absolute Gasteiger partial charge is 0.312 e. The lowest BCUT2D eigenvalue weighted by Gasteiger charge is -2.36. The first kappa shape index (κ1) is 11.9. The van der Waals surface area contributed by atoms with E-state index < -0.39 is 11.5 Å². The summed E-state index contributed by atoms with van der Waals surface area (Å²) in [6, 6.07) is 0. The zero-order valence-corrected chi connectivity index (χ0v) is 10.9. The summed E-state index contributed by atoms with van der Waals surface area (Å²) in [4.78, 5) is 24.3. The summed E-state index contributed by atoms with van der Waals surface area (Å²) >= 11 is 0. The van der Waals surface area contributed by atoms with Crippen LogP contribution < -0.4 is 0 Å². The maximum absolute atomic E-state index is 12.3. The van der Waals surface area contributed by atoms with Crippen molar-refractivity contribution in [1.82, 2.24) is 0 Å². The second kappa shape index (κ2) is 3.44. The predicted octanol–water partition coefficient (Wildman–Crippen LogP) is 1.49. The van der Waals surface area contributed by atoms with Gasteiger partial charge in [-0.2, -0.15) is 0 Å². The molecule has 98 valence electrons. The topological polar surface area (TPSA) is 52.6 Å². The van der Waals surface area contributed by atoms with Gasteiger partial charge in [-0.15, -0.1) is 0 Å². The van der Waals surface area contributed by atoms with Gasteiger partial charge < -0.3 is 9.47 Å². The number of ketones is 1. The molecular formula is C14H18O4. The molecule has 0 N–H and O–H groups in total. The molecule has 1 spiro atoms. The maximum atomic E-state index is 12.3. The van der Waals surface area contributed by atoms with E-state index in [4.69, 9.17) is 9.47 Å². The fourth-order valence-corrected chi connectivity index (χ4v) is 3.81. The van der Waals surface area contributed by atoms with E-state index in [-0.39, 0.29) is 29.2 Å². The molecule has 3 rings (SSSR count). The van der Waals surface area contributed by atoms with Gasteiger partial charge in [0.2, 0.25) is 0 Å². The molecule has 2 aliphatic heterocycles. The van der Waals surface area contributed by atoms with Gasteiger partial charge in [0, 0.05) is 11.8 Å². The minimum atomic E-state index is -0.591. The highest BCUT2D eigenvalue weighted by molar-refractivity contribution is 5.93. The van der Waals surface area contributed by atoms with Gasteiger partial charge in [-0.05, 0) is 6.92 Å². The number of ether oxygens (including phenoxy) is 2. The van der Waals surface area contributed by atoms with Crippen LogP contribution in [0.2, 0.25) is 0 Å². The average molecular weight is 250 g/mol. The fourth-order valence-electron chi connectivity index (χ4n) is 3.81.